The number of fused-ring (bicyclic) bond motifs is 15. The quantitative estimate of drug-likeness (QED) is 0.166. The molecule has 11 aromatic rings. The van der Waals surface area contributed by atoms with Crippen LogP contribution in [0.2, 0.25) is 0 Å². The lowest BCUT2D eigenvalue weighted by Crippen LogP contribution is -2.30. The fraction of sp³-hybridized carbons (Fsp3) is 0.0167. The molecule has 0 fully saturated rings. The second-order valence-electron chi connectivity index (χ2n) is 16.7. The first-order valence-corrected chi connectivity index (χ1v) is 21.6. The van der Waals surface area contributed by atoms with Gasteiger partial charge in [-0.1, -0.05) is 200 Å². The van der Waals surface area contributed by atoms with Gasteiger partial charge in [-0.2, -0.15) is 0 Å². The van der Waals surface area contributed by atoms with Crippen LogP contribution >= 0.6 is 0 Å². The summed E-state index contributed by atoms with van der Waals surface area (Å²) < 4.78 is 0. The minimum absolute atomic E-state index is 0.630. The van der Waals surface area contributed by atoms with Gasteiger partial charge >= 0.3 is 0 Å². The summed E-state index contributed by atoms with van der Waals surface area (Å²) in [5.74, 6) is 1.90. The molecule has 0 radical (unpaired) electrons. The van der Waals surface area contributed by atoms with Gasteiger partial charge < -0.3 is 0 Å². The third kappa shape index (κ3) is 5.36. The monoisotopic (exact) mass is 799 g/mol. The molecule has 292 valence electrons. The van der Waals surface area contributed by atoms with Crippen molar-refractivity contribution in [3.05, 3.63) is 246 Å². The summed E-state index contributed by atoms with van der Waals surface area (Å²) in [5, 5.41) is 7.61. The van der Waals surface area contributed by atoms with E-state index in [-0.39, 0.29) is 0 Å². The molecule has 1 heterocycles. The van der Waals surface area contributed by atoms with E-state index >= 15 is 0 Å². The van der Waals surface area contributed by atoms with Crippen LogP contribution in [-0.2, 0) is 5.41 Å². The predicted octanol–water partition coefficient (Wildman–Crippen LogP) is 14.8. The van der Waals surface area contributed by atoms with Gasteiger partial charge in [-0.25, -0.2) is 15.0 Å². The Morgan fingerprint density at radius 3 is 1.44 bits per heavy atom. The van der Waals surface area contributed by atoms with Crippen molar-refractivity contribution < 1.29 is 0 Å². The maximum atomic E-state index is 5.32. The van der Waals surface area contributed by atoms with Crippen molar-refractivity contribution >= 4 is 44.5 Å². The molecular weight excluding hydrogens is 763 g/mol. The summed E-state index contributed by atoms with van der Waals surface area (Å²) >= 11 is 0. The number of nitrogens with zero attached hydrogens (tertiary/aromatic N) is 3. The van der Waals surface area contributed by atoms with E-state index in [0.717, 1.165) is 33.4 Å². The Labute approximate surface area is 365 Å². The third-order valence-electron chi connectivity index (χ3n) is 13.3. The normalized spacial score (nSPS) is 14.7. The van der Waals surface area contributed by atoms with Crippen molar-refractivity contribution in [2.24, 2.45) is 0 Å². The molecule has 0 saturated carbocycles. The average molecular weight is 800 g/mol. The molecule has 0 amide bonds. The second-order valence-corrected chi connectivity index (χ2v) is 16.7. The van der Waals surface area contributed by atoms with Gasteiger partial charge in [-0.15, -0.1) is 0 Å². The molecule has 13 rings (SSSR count). The summed E-state index contributed by atoms with van der Waals surface area (Å²) in [7, 11) is 0. The summed E-state index contributed by atoms with van der Waals surface area (Å²) in [4.78, 5) is 15.7. The highest BCUT2D eigenvalue weighted by Crippen LogP contribution is 2.60. The molecule has 1 atom stereocenters. The number of aromatic nitrogens is 3. The van der Waals surface area contributed by atoms with Crippen LogP contribution in [0.4, 0.5) is 0 Å². The summed E-state index contributed by atoms with van der Waals surface area (Å²) in [6.45, 7) is 0. The van der Waals surface area contributed by atoms with E-state index in [1.807, 2.05) is 24.3 Å². The lowest BCUT2D eigenvalue weighted by Gasteiger charge is -2.35. The topological polar surface area (TPSA) is 38.7 Å². The van der Waals surface area contributed by atoms with E-state index in [1.165, 1.54) is 71.3 Å². The zero-order valence-electron chi connectivity index (χ0n) is 34.2. The number of benzene rings is 10. The van der Waals surface area contributed by atoms with Gasteiger partial charge in [0.15, 0.2) is 17.5 Å². The standard InChI is InChI=1S/C60H37N3/c1-3-16-38(17-4-1)42-21-15-22-43(34-42)58-61-57(41-19-5-2-6-20-41)62-59(63-58)44-33-32-40-31-30-39-18-7-13-28-53(39)60(55(40)35-44)54-29-14-12-27-49(54)52-36-50-47-25-10-8-23-45(47)46-24-9-11-26-48(46)51(50)37-56(52)60/h1-37H. The van der Waals surface area contributed by atoms with Crippen LogP contribution < -0.4 is 0 Å². The first kappa shape index (κ1) is 35.5. The first-order valence-electron chi connectivity index (χ1n) is 21.6. The molecule has 0 bridgehead atoms. The fourth-order valence-electron chi connectivity index (χ4n) is 10.5. The minimum atomic E-state index is -0.652. The maximum Gasteiger partial charge on any atom is 0.164 e. The minimum Gasteiger partial charge on any atom is -0.208 e. The zero-order valence-corrected chi connectivity index (χ0v) is 34.2. The van der Waals surface area contributed by atoms with Gasteiger partial charge in [0.25, 0.3) is 0 Å². The molecule has 0 aliphatic heterocycles. The lowest BCUT2D eigenvalue weighted by atomic mass is 9.65. The van der Waals surface area contributed by atoms with Gasteiger partial charge in [0.05, 0.1) is 5.41 Å². The molecular formula is C60H37N3. The van der Waals surface area contributed by atoms with E-state index in [4.69, 9.17) is 15.0 Å². The number of hydrogen-bond acceptors (Lipinski definition) is 3. The highest BCUT2D eigenvalue weighted by Gasteiger charge is 2.49. The molecule has 0 saturated heterocycles. The second kappa shape index (κ2) is 13.9. The lowest BCUT2D eigenvalue weighted by molar-refractivity contribution is 0.767. The molecule has 10 aromatic carbocycles. The number of rotatable bonds is 4. The van der Waals surface area contributed by atoms with Crippen LogP contribution in [0.1, 0.15) is 33.4 Å². The van der Waals surface area contributed by atoms with Crippen LogP contribution in [0.5, 0.6) is 0 Å². The van der Waals surface area contributed by atoms with E-state index in [9.17, 15) is 0 Å². The Bertz CT molecular complexity index is 3680. The SMILES string of the molecule is C1=Cc2ccc(-c3nc(-c4ccccc4)nc(-c4cccc(-c5ccccc5)c4)n3)cc2C2(c3ccccc31)c1ccccc1-c1cc3c4ccccc4c4ccccc4c3cc12. The van der Waals surface area contributed by atoms with Crippen LogP contribution in [0.3, 0.4) is 0 Å². The van der Waals surface area contributed by atoms with Crippen molar-refractivity contribution in [2.45, 2.75) is 5.41 Å². The summed E-state index contributed by atoms with van der Waals surface area (Å²) in [5.41, 5.74) is 14.3. The van der Waals surface area contributed by atoms with Crippen molar-refractivity contribution in [3.8, 4) is 56.4 Å². The van der Waals surface area contributed by atoms with Crippen molar-refractivity contribution in [1.82, 2.24) is 15.0 Å². The zero-order chi connectivity index (χ0) is 41.5. The van der Waals surface area contributed by atoms with Crippen molar-refractivity contribution in [2.75, 3.05) is 0 Å². The Hall–Kier alpha value is -8.27. The van der Waals surface area contributed by atoms with Crippen LogP contribution in [-0.4, -0.2) is 15.0 Å². The molecule has 3 nitrogen and oxygen atoms in total. The highest BCUT2D eigenvalue weighted by atomic mass is 15.0. The predicted molar refractivity (Wildman–Crippen MR) is 260 cm³/mol. The van der Waals surface area contributed by atoms with E-state index in [1.54, 1.807) is 0 Å². The van der Waals surface area contributed by atoms with Gasteiger partial charge in [0, 0.05) is 16.7 Å². The fourth-order valence-corrected chi connectivity index (χ4v) is 10.5. The van der Waals surface area contributed by atoms with Crippen LogP contribution in [0, 0.1) is 0 Å². The van der Waals surface area contributed by atoms with Gasteiger partial charge in [0.2, 0.25) is 0 Å². The van der Waals surface area contributed by atoms with Gasteiger partial charge in [-0.05, 0) is 112 Å². The maximum absolute atomic E-state index is 5.32. The Morgan fingerprint density at radius 2 is 0.746 bits per heavy atom. The highest BCUT2D eigenvalue weighted by molar-refractivity contribution is 6.26. The Balaban J connectivity index is 1.10. The van der Waals surface area contributed by atoms with Crippen molar-refractivity contribution in [3.63, 3.8) is 0 Å². The van der Waals surface area contributed by atoms with Gasteiger partial charge in [-0.3, -0.25) is 0 Å². The molecule has 2 aliphatic rings. The average Bonchev–Trinajstić information content (AvgIpc) is 3.56. The Morgan fingerprint density at radius 1 is 0.254 bits per heavy atom. The summed E-state index contributed by atoms with van der Waals surface area (Å²) in [6, 6.07) is 76.8. The van der Waals surface area contributed by atoms with Crippen LogP contribution in [0.25, 0.3) is 101 Å². The van der Waals surface area contributed by atoms with E-state index in [2.05, 4.69) is 200 Å². The molecule has 0 N–H and O–H groups in total. The molecule has 1 unspecified atom stereocenters. The molecule has 1 aromatic heterocycles. The Kier molecular flexibility index (Phi) is 7.82. The van der Waals surface area contributed by atoms with Gasteiger partial charge in [0.1, 0.15) is 0 Å². The molecule has 3 heteroatoms. The molecule has 63 heavy (non-hydrogen) atoms. The van der Waals surface area contributed by atoms with E-state index in [0.29, 0.717) is 17.5 Å². The van der Waals surface area contributed by atoms with Crippen LogP contribution in [0.15, 0.2) is 212 Å². The smallest absolute Gasteiger partial charge is 0.164 e. The van der Waals surface area contributed by atoms with Crippen molar-refractivity contribution in [1.29, 1.82) is 0 Å². The molecule has 1 spiro atoms. The first-order chi connectivity index (χ1) is 31.2. The molecule has 2 aliphatic carbocycles. The largest absolute Gasteiger partial charge is 0.208 e. The van der Waals surface area contributed by atoms with E-state index < -0.39 is 5.41 Å². The third-order valence-corrected chi connectivity index (χ3v) is 13.3. The summed E-state index contributed by atoms with van der Waals surface area (Å²) in [6.07, 6.45) is 4.59. The number of hydrogen-bond donors (Lipinski definition) is 0.